The summed E-state index contributed by atoms with van der Waals surface area (Å²) >= 11 is 5.14. The van der Waals surface area contributed by atoms with Crippen molar-refractivity contribution in [3.05, 3.63) is 56.8 Å². The number of hydrogen-bond acceptors (Lipinski definition) is 4. The monoisotopic (exact) mass is 343 g/mol. The first-order chi connectivity index (χ1) is 11.6. The van der Waals surface area contributed by atoms with E-state index in [9.17, 15) is 9.59 Å². The minimum atomic E-state index is -0.300. The molecule has 0 aliphatic carbocycles. The average molecular weight is 343 g/mol. The molecule has 2 aromatic heterocycles. The second kappa shape index (κ2) is 6.79. The fourth-order valence-electron chi connectivity index (χ4n) is 2.64. The quantitative estimate of drug-likeness (QED) is 0.615. The highest BCUT2D eigenvalue weighted by Gasteiger charge is 2.12. The Morgan fingerprint density at radius 2 is 2.17 bits per heavy atom. The molecule has 1 aromatic carbocycles. The molecule has 0 aliphatic heterocycles. The standard InChI is InChI=1S/C16H17N5O2S/c1-2-21-13(19-20-16(21)24)7-8-17-15(23)11-9-14(22)18-12-6-4-3-5-10(11)12/h3-6,9H,2,7-8H2,1H3,(H,17,23)(H,18,22)(H,20,24). The third kappa shape index (κ3) is 3.13. The summed E-state index contributed by atoms with van der Waals surface area (Å²) in [6.07, 6.45) is 0.549. The van der Waals surface area contributed by atoms with Crippen LogP contribution in [0.4, 0.5) is 0 Å². The number of para-hydroxylation sites is 1. The number of hydrogen-bond donors (Lipinski definition) is 3. The number of nitrogens with zero attached hydrogens (tertiary/aromatic N) is 2. The Morgan fingerprint density at radius 3 is 2.96 bits per heavy atom. The second-order valence-corrected chi connectivity index (χ2v) is 5.67. The highest BCUT2D eigenvalue weighted by Crippen LogP contribution is 2.14. The van der Waals surface area contributed by atoms with Crippen molar-refractivity contribution in [1.29, 1.82) is 0 Å². The lowest BCUT2D eigenvalue weighted by molar-refractivity contribution is 0.0955. The van der Waals surface area contributed by atoms with Crippen LogP contribution in [-0.2, 0) is 13.0 Å². The topological polar surface area (TPSA) is 95.6 Å². The number of amides is 1. The Kier molecular flexibility index (Phi) is 4.57. The van der Waals surface area contributed by atoms with Crippen molar-refractivity contribution in [2.75, 3.05) is 6.54 Å². The maximum Gasteiger partial charge on any atom is 0.252 e. The molecule has 2 heterocycles. The van der Waals surface area contributed by atoms with E-state index in [1.165, 1.54) is 6.07 Å². The Hall–Kier alpha value is -2.74. The average Bonchev–Trinajstić information content (AvgIpc) is 2.93. The molecule has 0 aliphatic rings. The van der Waals surface area contributed by atoms with Gasteiger partial charge in [-0.1, -0.05) is 18.2 Å². The Morgan fingerprint density at radius 1 is 1.38 bits per heavy atom. The van der Waals surface area contributed by atoms with Crippen LogP contribution in [0.5, 0.6) is 0 Å². The minimum Gasteiger partial charge on any atom is -0.352 e. The molecule has 24 heavy (non-hydrogen) atoms. The molecule has 0 spiro atoms. The summed E-state index contributed by atoms with van der Waals surface area (Å²) in [6, 6.07) is 8.54. The van der Waals surface area contributed by atoms with E-state index in [1.54, 1.807) is 6.07 Å². The van der Waals surface area contributed by atoms with Gasteiger partial charge < -0.3 is 14.9 Å². The summed E-state index contributed by atoms with van der Waals surface area (Å²) in [4.78, 5) is 26.9. The molecule has 124 valence electrons. The number of fused-ring (bicyclic) bond motifs is 1. The van der Waals surface area contributed by atoms with E-state index in [1.807, 2.05) is 29.7 Å². The van der Waals surface area contributed by atoms with Gasteiger partial charge in [-0.05, 0) is 25.2 Å². The maximum atomic E-state index is 12.4. The van der Waals surface area contributed by atoms with Crippen molar-refractivity contribution in [3.63, 3.8) is 0 Å². The van der Waals surface area contributed by atoms with Crippen molar-refractivity contribution >= 4 is 29.0 Å². The Bertz CT molecular complexity index is 1000. The number of carbonyl (C=O) groups excluding carboxylic acids is 1. The molecule has 0 bridgehead atoms. The van der Waals surface area contributed by atoms with Crippen molar-refractivity contribution < 1.29 is 4.79 Å². The van der Waals surface area contributed by atoms with E-state index in [2.05, 4.69) is 20.5 Å². The van der Waals surface area contributed by atoms with Crippen molar-refractivity contribution in [3.8, 4) is 0 Å². The number of benzene rings is 1. The molecule has 0 radical (unpaired) electrons. The van der Waals surface area contributed by atoms with Gasteiger partial charge in [-0.2, -0.15) is 5.10 Å². The predicted octanol–water partition coefficient (Wildman–Crippen LogP) is 1.77. The third-order valence-corrected chi connectivity index (χ3v) is 4.09. The van der Waals surface area contributed by atoms with Crippen molar-refractivity contribution in [2.24, 2.45) is 0 Å². The molecule has 0 fully saturated rings. The van der Waals surface area contributed by atoms with Gasteiger partial charge in [-0.3, -0.25) is 14.7 Å². The maximum absolute atomic E-state index is 12.4. The minimum absolute atomic E-state index is 0.283. The highest BCUT2D eigenvalue weighted by atomic mass is 32.1. The van der Waals surface area contributed by atoms with Crippen LogP contribution in [0.2, 0.25) is 0 Å². The number of carbonyl (C=O) groups is 1. The summed E-state index contributed by atoms with van der Waals surface area (Å²) in [7, 11) is 0. The molecule has 0 unspecified atom stereocenters. The predicted molar refractivity (Wildman–Crippen MR) is 93.7 cm³/mol. The summed E-state index contributed by atoms with van der Waals surface area (Å²) in [5.41, 5.74) is 0.705. The normalized spacial score (nSPS) is 10.9. The first kappa shape index (κ1) is 16.1. The van der Waals surface area contributed by atoms with E-state index in [4.69, 9.17) is 12.2 Å². The molecule has 1 amide bonds. The van der Waals surface area contributed by atoms with Crippen LogP contribution in [0, 0.1) is 4.77 Å². The van der Waals surface area contributed by atoms with E-state index in [0.29, 0.717) is 34.2 Å². The SMILES string of the molecule is CCn1c(CCNC(=O)c2cc(=O)[nH]c3ccccc23)n[nH]c1=S. The third-order valence-electron chi connectivity index (χ3n) is 3.78. The van der Waals surface area contributed by atoms with Gasteiger partial charge in [0.05, 0.1) is 5.56 Å². The van der Waals surface area contributed by atoms with Crippen LogP contribution >= 0.6 is 12.2 Å². The van der Waals surface area contributed by atoms with E-state index >= 15 is 0 Å². The molecule has 3 rings (SSSR count). The van der Waals surface area contributed by atoms with Crippen molar-refractivity contribution in [1.82, 2.24) is 25.1 Å². The summed E-state index contributed by atoms with van der Waals surface area (Å²) in [5, 5.41) is 10.5. The zero-order chi connectivity index (χ0) is 17.1. The van der Waals surface area contributed by atoms with Crippen LogP contribution < -0.4 is 10.9 Å². The molecule has 3 N–H and O–H groups in total. The Labute approximate surface area is 142 Å². The van der Waals surface area contributed by atoms with Gasteiger partial charge in [0.15, 0.2) is 4.77 Å². The molecule has 0 saturated carbocycles. The van der Waals surface area contributed by atoms with Crippen LogP contribution in [0.1, 0.15) is 23.1 Å². The highest BCUT2D eigenvalue weighted by molar-refractivity contribution is 7.71. The lowest BCUT2D eigenvalue weighted by Crippen LogP contribution is -2.28. The number of pyridine rings is 1. The fourth-order valence-corrected chi connectivity index (χ4v) is 2.92. The molecule has 3 aromatic rings. The number of H-pyrrole nitrogens is 2. The zero-order valence-corrected chi connectivity index (χ0v) is 13.9. The summed E-state index contributed by atoms with van der Waals surface area (Å²) < 4.78 is 2.45. The van der Waals surface area contributed by atoms with Gasteiger partial charge in [-0.15, -0.1) is 0 Å². The number of aromatic amines is 2. The first-order valence-corrected chi connectivity index (χ1v) is 8.05. The van der Waals surface area contributed by atoms with Gasteiger partial charge >= 0.3 is 0 Å². The fraction of sp³-hybridized carbons (Fsp3) is 0.250. The molecule has 0 atom stereocenters. The van der Waals surface area contributed by atoms with Crippen molar-refractivity contribution in [2.45, 2.75) is 19.9 Å². The van der Waals surface area contributed by atoms with Crippen LogP contribution in [0.15, 0.2) is 35.1 Å². The van der Waals surface area contributed by atoms with Gasteiger partial charge in [0.2, 0.25) is 5.56 Å². The van der Waals surface area contributed by atoms with E-state index in [0.717, 1.165) is 12.4 Å². The Balaban J connectivity index is 1.76. The van der Waals surface area contributed by atoms with Crippen LogP contribution in [0.3, 0.4) is 0 Å². The molecular weight excluding hydrogens is 326 g/mol. The van der Waals surface area contributed by atoms with Gasteiger partial charge in [-0.25, -0.2) is 0 Å². The lowest BCUT2D eigenvalue weighted by atomic mass is 10.1. The molecule has 0 saturated heterocycles. The number of rotatable bonds is 5. The zero-order valence-electron chi connectivity index (χ0n) is 13.1. The van der Waals surface area contributed by atoms with Gasteiger partial charge in [0, 0.05) is 36.5 Å². The molecular formula is C16H17N5O2S. The van der Waals surface area contributed by atoms with E-state index in [-0.39, 0.29) is 11.5 Å². The smallest absolute Gasteiger partial charge is 0.252 e. The first-order valence-electron chi connectivity index (χ1n) is 7.64. The van der Waals surface area contributed by atoms with Gasteiger partial charge in [0.1, 0.15) is 5.82 Å². The largest absolute Gasteiger partial charge is 0.352 e. The number of aromatic nitrogens is 4. The lowest BCUT2D eigenvalue weighted by Gasteiger charge is -2.08. The molecule has 8 heteroatoms. The van der Waals surface area contributed by atoms with Crippen LogP contribution in [0.25, 0.3) is 10.9 Å². The van der Waals surface area contributed by atoms with Crippen LogP contribution in [-0.4, -0.2) is 32.2 Å². The summed E-state index contributed by atoms with van der Waals surface area (Å²) in [5.74, 6) is 0.507. The van der Waals surface area contributed by atoms with E-state index < -0.39 is 0 Å². The summed E-state index contributed by atoms with van der Waals surface area (Å²) in [6.45, 7) is 3.10. The van der Waals surface area contributed by atoms with Gasteiger partial charge in [0.25, 0.3) is 5.91 Å². The molecule has 7 nitrogen and oxygen atoms in total. The second-order valence-electron chi connectivity index (χ2n) is 5.29. The number of nitrogens with one attached hydrogen (secondary N) is 3.